The fourth-order valence-electron chi connectivity index (χ4n) is 1.99. The Morgan fingerprint density at radius 2 is 1.68 bits per heavy atom. The van der Waals surface area contributed by atoms with Crippen LogP contribution in [-0.4, -0.2) is 36.9 Å². The summed E-state index contributed by atoms with van der Waals surface area (Å²) in [7, 11) is 5.68. The van der Waals surface area contributed by atoms with Crippen LogP contribution in [0, 0.1) is 0 Å². The van der Waals surface area contributed by atoms with Gasteiger partial charge in [-0.3, -0.25) is 4.79 Å². The molecule has 1 amide bonds. The lowest BCUT2D eigenvalue weighted by Crippen LogP contribution is -2.27. The van der Waals surface area contributed by atoms with Crippen molar-refractivity contribution in [2.75, 3.05) is 26.0 Å². The van der Waals surface area contributed by atoms with Gasteiger partial charge in [0.05, 0.1) is 5.02 Å². The molecule has 0 aliphatic heterocycles. The van der Waals surface area contributed by atoms with Crippen LogP contribution in [0.1, 0.15) is 16.1 Å². The summed E-state index contributed by atoms with van der Waals surface area (Å²) < 4.78 is 0. The summed E-state index contributed by atoms with van der Waals surface area (Å²) in [5.41, 5.74) is 2.30. The molecular formula is C16H17Cl2N3O. The van der Waals surface area contributed by atoms with Gasteiger partial charge in [-0.1, -0.05) is 35.3 Å². The summed E-state index contributed by atoms with van der Waals surface area (Å²) in [6.07, 6.45) is 0. The maximum atomic E-state index is 12.4. The molecule has 0 aliphatic carbocycles. The van der Waals surface area contributed by atoms with E-state index in [0.29, 0.717) is 11.6 Å². The lowest BCUT2D eigenvalue weighted by molar-refractivity contribution is 0.0779. The van der Waals surface area contributed by atoms with E-state index in [9.17, 15) is 4.79 Å². The molecule has 0 atom stereocenters. The fourth-order valence-corrected chi connectivity index (χ4v) is 2.33. The van der Waals surface area contributed by atoms with E-state index in [1.807, 2.05) is 43.3 Å². The van der Waals surface area contributed by atoms with E-state index in [4.69, 9.17) is 23.2 Å². The largest absolute Gasteiger partial charge is 0.378 e. The highest BCUT2D eigenvalue weighted by Crippen LogP contribution is 2.19. The van der Waals surface area contributed by atoms with E-state index in [0.717, 1.165) is 11.3 Å². The van der Waals surface area contributed by atoms with Crippen molar-refractivity contribution in [3.05, 3.63) is 57.8 Å². The Morgan fingerprint density at radius 3 is 2.27 bits per heavy atom. The number of benzene rings is 1. The van der Waals surface area contributed by atoms with Crippen LogP contribution in [0.3, 0.4) is 0 Å². The van der Waals surface area contributed by atoms with Gasteiger partial charge in [-0.2, -0.15) is 0 Å². The van der Waals surface area contributed by atoms with Crippen LogP contribution >= 0.6 is 23.2 Å². The SMILES string of the molecule is CN(Cc1ccc(N(C)C)cc1)C(=O)c1nc(Cl)ccc1Cl. The monoisotopic (exact) mass is 337 g/mol. The highest BCUT2D eigenvalue weighted by atomic mass is 35.5. The van der Waals surface area contributed by atoms with Crippen molar-refractivity contribution >= 4 is 34.8 Å². The van der Waals surface area contributed by atoms with E-state index >= 15 is 0 Å². The molecule has 0 radical (unpaired) electrons. The molecule has 2 rings (SSSR count). The van der Waals surface area contributed by atoms with Gasteiger partial charge in [0.1, 0.15) is 10.8 Å². The first-order valence-electron chi connectivity index (χ1n) is 6.72. The lowest BCUT2D eigenvalue weighted by Gasteiger charge is -2.18. The quantitative estimate of drug-likeness (QED) is 0.797. The van der Waals surface area contributed by atoms with E-state index < -0.39 is 0 Å². The number of carbonyl (C=O) groups is 1. The number of aromatic nitrogens is 1. The number of anilines is 1. The van der Waals surface area contributed by atoms with Crippen molar-refractivity contribution < 1.29 is 4.79 Å². The van der Waals surface area contributed by atoms with Crippen molar-refractivity contribution in [2.45, 2.75) is 6.54 Å². The molecule has 0 N–H and O–H groups in total. The van der Waals surface area contributed by atoms with Crippen LogP contribution in [0.25, 0.3) is 0 Å². The van der Waals surface area contributed by atoms with Gasteiger partial charge in [0.25, 0.3) is 5.91 Å². The number of carbonyl (C=O) groups excluding carboxylic acids is 1. The number of hydrogen-bond acceptors (Lipinski definition) is 3. The van der Waals surface area contributed by atoms with Crippen molar-refractivity contribution in [3.63, 3.8) is 0 Å². The number of hydrogen-bond donors (Lipinski definition) is 0. The molecule has 116 valence electrons. The second-order valence-electron chi connectivity index (χ2n) is 5.19. The molecule has 1 aromatic carbocycles. The lowest BCUT2D eigenvalue weighted by atomic mass is 10.2. The molecule has 1 aromatic heterocycles. The Hall–Kier alpha value is -1.78. The minimum Gasteiger partial charge on any atom is -0.378 e. The van der Waals surface area contributed by atoms with Gasteiger partial charge in [-0.15, -0.1) is 0 Å². The van der Waals surface area contributed by atoms with Crippen LogP contribution in [0.2, 0.25) is 10.2 Å². The number of nitrogens with zero attached hydrogens (tertiary/aromatic N) is 3. The summed E-state index contributed by atoms with van der Waals surface area (Å²) >= 11 is 11.8. The highest BCUT2D eigenvalue weighted by molar-refractivity contribution is 6.34. The molecule has 0 aliphatic rings. The van der Waals surface area contributed by atoms with Gasteiger partial charge in [-0.25, -0.2) is 4.98 Å². The highest BCUT2D eigenvalue weighted by Gasteiger charge is 2.17. The summed E-state index contributed by atoms with van der Waals surface area (Å²) in [6, 6.07) is 11.1. The van der Waals surface area contributed by atoms with Crippen LogP contribution in [0.15, 0.2) is 36.4 Å². The van der Waals surface area contributed by atoms with Gasteiger partial charge in [0, 0.05) is 33.4 Å². The molecule has 0 saturated heterocycles. The van der Waals surface area contributed by atoms with Crippen LogP contribution in [0.4, 0.5) is 5.69 Å². The third-order valence-corrected chi connectivity index (χ3v) is 3.75. The third kappa shape index (κ3) is 3.90. The molecule has 6 heteroatoms. The van der Waals surface area contributed by atoms with Crippen LogP contribution < -0.4 is 4.90 Å². The second-order valence-corrected chi connectivity index (χ2v) is 5.98. The molecule has 0 spiro atoms. The Bertz CT molecular complexity index is 672. The molecule has 22 heavy (non-hydrogen) atoms. The predicted octanol–water partition coefficient (Wildman–Crippen LogP) is 3.73. The average Bonchev–Trinajstić information content (AvgIpc) is 2.49. The maximum Gasteiger partial charge on any atom is 0.274 e. The fraction of sp³-hybridized carbons (Fsp3) is 0.250. The maximum absolute atomic E-state index is 12.4. The molecule has 0 bridgehead atoms. The summed E-state index contributed by atoms with van der Waals surface area (Å²) in [5, 5.41) is 0.542. The van der Waals surface area contributed by atoms with Gasteiger partial charge < -0.3 is 9.80 Å². The summed E-state index contributed by atoms with van der Waals surface area (Å²) in [6.45, 7) is 0.469. The molecule has 4 nitrogen and oxygen atoms in total. The molecule has 1 heterocycles. The van der Waals surface area contributed by atoms with Crippen LogP contribution in [-0.2, 0) is 6.54 Å². The summed E-state index contributed by atoms with van der Waals surface area (Å²) in [4.78, 5) is 20.0. The topological polar surface area (TPSA) is 36.4 Å². The standard InChI is InChI=1S/C16H17Cl2N3O/c1-20(2)12-6-4-11(5-7-12)10-21(3)16(22)15-13(17)8-9-14(18)19-15/h4-9H,10H2,1-3H3. The van der Waals surface area contributed by atoms with E-state index in [2.05, 4.69) is 4.98 Å². The number of amides is 1. The van der Waals surface area contributed by atoms with E-state index in [-0.39, 0.29) is 16.8 Å². The smallest absolute Gasteiger partial charge is 0.274 e. The first-order valence-corrected chi connectivity index (χ1v) is 7.48. The second kappa shape index (κ2) is 6.99. The zero-order chi connectivity index (χ0) is 16.3. The van der Waals surface area contributed by atoms with Crippen molar-refractivity contribution in [1.29, 1.82) is 0 Å². The average molecular weight is 338 g/mol. The van der Waals surface area contributed by atoms with E-state index in [1.165, 1.54) is 0 Å². The Kier molecular flexibility index (Phi) is 5.27. The molecule has 0 fully saturated rings. The minimum absolute atomic E-state index is 0.168. The number of halogens is 2. The minimum atomic E-state index is -0.260. The van der Waals surface area contributed by atoms with Gasteiger partial charge in [-0.05, 0) is 29.8 Å². The Balaban J connectivity index is 2.12. The molecule has 0 saturated carbocycles. The van der Waals surface area contributed by atoms with Crippen molar-refractivity contribution in [1.82, 2.24) is 9.88 Å². The number of pyridine rings is 1. The van der Waals surface area contributed by atoms with Crippen molar-refractivity contribution in [2.24, 2.45) is 0 Å². The zero-order valence-corrected chi connectivity index (χ0v) is 14.2. The van der Waals surface area contributed by atoms with Crippen molar-refractivity contribution in [3.8, 4) is 0 Å². The Morgan fingerprint density at radius 1 is 1.05 bits per heavy atom. The molecular weight excluding hydrogens is 321 g/mol. The van der Waals surface area contributed by atoms with Crippen LogP contribution in [0.5, 0.6) is 0 Å². The van der Waals surface area contributed by atoms with Gasteiger partial charge in [0.15, 0.2) is 0 Å². The van der Waals surface area contributed by atoms with E-state index in [1.54, 1.807) is 24.1 Å². The zero-order valence-electron chi connectivity index (χ0n) is 12.7. The summed E-state index contributed by atoms with van der Waals surface area (Å²) in [5.74, 6) is -0.260. The predicted molar refractivity (Wildman–Crippen MR) is 90.8 cm³/mol. The normalized spacial score (nSPS) is 10.4. The Labute approximate surface area is 140 Å². The first kappa shape index (κ1) is 16.6. The van der Waals surface area contributed by atoms with Gasteiger partial charge in [0.2, 0.25) is 0 Å². The van der Waals surface area contributed by atoms with Gasteiger partial charge >= 0.3 is 0 Å². The molecule has 0 unspecified atom stereocenters. The molecule has 2 aromatic rings. The third-order valence-electron chi connectivity index (χ3n) is 3.23. The first-order chi connectivity index (χ1) is 10.4. The number of rotatable bonds is 4.